The van der Waals surface area contributed by atoms with E-state index in [0.717, 1.165) is 17.8 Å². The van der Waals surface area contributed by atoms with E-state index < -0.39 is 23.5 Å². The van der Waals surface area contributed by atoms with Gasteiger partial charge in [0.25, 0.3) is 5.78 Å². The first kappa shape index (κ1) is 24.0. The second-order valence-corrected chi connectivity index (χ2v) is 9.65. The summed E-state index contributed by atoms with van der Waals surface area (Å²) in [7, 11) is 0. The molecule has 3 aromatic carbocycles. The summed E-state index contributed by atoms with van der Waals surface area (Å²) >= 11 is 7.17. The van der Waals surface area contributed by atoms with Crippen molar-refractivity contribution in [1.82, 2.24) is 4.98 Å². The van der Waals surface area contributed by atoms with Gasteiger partial charge in [-0.2, -0.15) is 0 Å². The molecule has 1 N–H and O–H groups in total. The van der Waals surface area contributed by atoms with Gasteiger partial charge in [-0.05, 0) is 66.6 Å². The first-order valence-corrected chi connectivity index (χ1v) is 12.4. The van der Waals surface area contributed by atoms with Crippen molar-refractivity contribution in [2.45, 2.75) is 19.4 Å². The maximum atomic E-state index is 13.8. The summed E-state index contributed by atoms with van der Waals surface area (Å²) in [5.74, 6) is -1.79. The molecule has 0 bridgehead atoms. The second-order valence-electron chi connectivity index (χ2n) is 8.20. The number of nitrogens with zero attached hydrogens (tertiary/aromatic N) is 2. The number of hydrogen-bond acceptors (Lipinski definition) is 6. The van der Waals surface area contributed by atoms with Gasteiger partial charge < -0.3 is 9.84 Å². The van der Waals surface area contributed by atoms with Crippen LogP contribution in [0.1, 0.15) is 30.5 Å². The molecule has 1 atom stereocenters. The molecule has 5 rings (SSSR count). The van der Waals surface area contributed by atoms with Crippen LogP contribution in [0.25, 0.3) is 16.0 Å². The molecule has 4 aromatic rings. The van der Waals surface area contributed by atoms with Gasteiger partial charge in [0.15, 0.2) is 5.13 Å². The van der Waals surface area contributed by atoms with Crippen LogP contribution >= 0.6 is 22.9 Å². The molecule has 1 amide bonds. The number of carbonyl (C=O) groups is 2. The standard InChI is InChI=1S/C27H20ClFN2O4S/c1-2-13-35-19-10-5-16(6-11-19)24(32)22-23(15-3-7-17(28)8-4-15)31(26(34)25(22)33)27-30-20-12-9-18(29)14-21(20)36-27/h3-12,14,23,32H,2,13H2,1H3/b24-22+. The summed E-state index contributed by atoms with van der Waals surface area (Å²) in [6.07, 6.45) is 0.852. The summed E-state index contributed by atoms with van der Waals surface area (Å²) in [4.78, 5) is 32.3. The molecule has 0 radical (unpaired) electrons. The first-order valence-electron chi connectivity index (χ1n) is 11.2. The van der Waals surface area contributed by atoms with Gasteiger partial charge in [0.1, 0.15) is 17.3 Å². The van der Waals surface area contributed by atoms with Crippen LogP contribution in [-0.4, -0.2) is 28.4 Å². The number of fused-ring (bicyclic) bond motifs is 1. The predicted octanol–water partition coefficient (Wildman–Crippen LogP) is 6.50. The molecule has 0 spiro atoms. The van der Waals surface area contributed by atoms with Crippen LogP contribution in [0.4, 0.5) is 9.52 Å². The van der Waals surface area contributed by atoms with E-state index in [4.69, 9.17) is 16.3 Å². The fourth-order valence-electron chi connectivity index (χ4n) is 4.06. The average molecular weight is 523 g/mol. The summed E-state index contributed by atoms with van der Waals surface area (Å²) < 4.78 is 19.9. The molecular weight excluding hydrogens is 503 g/mol. The van der Waals surface area contributed by atoms with Crippen molar-refractivity contribution in [3.8, 4) is 5.75 Å². The normalized spacial score (nSPS) is 17.2. The zero-order valence-corrected chi connectivity index (χ0v) is 20.6. The van der Waals surface area contributed by atoms with E-state index in [2.05, 4.69) is 4.98 Å². The highest BCUT2D eigenvalue weighted by Gasteiger charge is 2.48. The molecule has 0 aliphatic carbocycles. The number of aromatic nitrogens is 1. The van der Waals surface area contributed by atoms with Crippen molar-refractivity contribution in [3.05, 3.63) is 94.3 Å². The minimum atomic E-state index is -0.955. The Morgan fingerprint density at radius 1 is 1.11 bits per heavy atom. The Bertz CT molecular complexity index is 1500. The number of benzene rings is 3. The van der Waals surface area contributed by atoms with E-state index >= 15 is 0 Å². The number of ether oxygens (including phenoxy) is 1. The number of rotatable bonds is 6. The minimum Gasteiger partial charge on any atom is -0.507 e. The second kappa shape index (κ2) is 9.72. The van der Waals surface area contributed by atoms with E-state index in [9.17, 15) is 19.1 Å². The van der Waals surface area contributed by atoms with Crippen molar-refractivity contribution in [3.63, 3.8) is 0 Å². The van der Waals surface area contributed by atoms with E-state index in [1.807, 2.05) is 6.92 Å². The number of thiazole rings is 1. The lowest BCUT2D eigenvalue weighted by Crippen LogP contribution is -2.29. The lowest BCUT2D eigenvalue weighted by Gasteiger charge is -2.23. The number of carbonyl (C=O) groups excluding carboxylic acids is 2. The van der Waals surface area contributed by atoms with Gasteiger partial charge in [0.2, 0.25) is 0 Å². The Morgan fingerprint density at radius 3 is 2.53 bits per heavy atom. The Balaban J connectivity index is 1.65. The summed E-state index contributed by atoms with van der Waals surface area (Å²) in [6, 6.07) is 16.5. The average Bonchev–Trinajstić information content (AvgIpc) is 3.40. The van der Waals surface area contributed by atoms with Gasteiger partial charge in [-0.3, -0.25) is 14.5 Å². The van der Waals surface area contributed by atoms with Crippen LogP contribution in [0.5, 0.6) is 5.75 Å². The summed E-state index contributed by atoms with van der Waals surface area (Å²) in [6.45, 7) is 2.55. The number of ketones is 1. The fourth-order valence-corrected chi connectivity index (χ4v) is 5.21. The third kappa shape index (κ3) is 4.34. The topological polar surface area (TPSA) is 79.7 Å². The van der Waals surface area contributed by atoms with Crippen LogP contribution < -0.4 is 9.64 Å². The van der Waals surface area contributed by atoms with Gasteiger partial charge in [-0.15, -0.1) is 0 Å². The molecular formula is C27H20ClFN2O4S. The molecule has 2 heterocycles. The zero-order chi connectivity index (χ0) is 25.4. The highest BCUT2D eigenvalue weighted by molar-refractivity contribution is 7.22. The van der Waals surface area contributed by atoms with Crippen LogP contribution in [-0.2, 0) is 9.59 Å². The number of Topliss-reactive ketones (excluding diaryl/α,β-unsaturated/α-hetero) is 1. The number of amides is 1. The monoisotopic (exact) mass is 522 g/mol. The van der Waals surface area contributed by atoms with Crippen LogP contribution in [0.2, 0.25) is 5.02 Å². The molecule has 182 valence electrons. The third-order valence-corrected chi connectivity index (χ3v) is 7.05. The maximum Gasteiger partial charge on any atom is 0.301 e. The number of halogens is 2. The van der Waals surface area contributed by atoms with Gasteiger partial charge in [-0.25, -0.2) is 9.37 Å². The lowest BCUT2D eigenvalue weighted by atomic mass is 9.95. The van der Waals surface area contributed by atoms with Crippen molar-refractivity contribution in [2.75, 3.05) is 11.5 Å². The lowest BCUT2D eigenvalue weighted by molar-refractivity contribution is -0.132. The van der Waals surface area contributed by atoms with Crippen molar-refractivity contribution in [1.29, 1.82) is 0 Å². The predicted molar refractivity (Wildman–Crippen MR) is 138 cm³/mol. The Kier molecular flexibility index (Phi) is 6.47. The van der Waals surface area contributed by atoms with E-state index in [1.165, 1.54) is 23.1 Å². The van der Waals surface area contributed by atoms with Crippen molar-refractivity contribution in [2.24, 2.45) is 0 Å². The Labute approximate surface area is 215 Å². The SMILES string of the molecule is CCCOc1ccc(/C(O)=C2\C(=O)C(=O)N(c3nc4ccc(F)cc4s3)C2c2ccc(Cl)cc2)cc1. The number of anilines is 1. The van der Waals surface area contributed by atoms with Gasteiger partial charge in [0.05, 0.1) is 28.4 Å². The zero-order valence-electron chi connectivity index (χ0n) is 19.1. The number of aliphatic hydroxyl groups excluding tert-OH is 1. The number of hydrogen-bond donors (Lipinski definition) is 1. The van der Waals surface area contributed by atoms with E-state index in [-0.39, 0.29) is 16.5 Å². The van der Waals surface area contributed by atoms with Gasteiger partial charge in [-0.1, -0.05) is 42.0 Å². The highest BCUT2D eigenvalue weighted by Crippen LogP contribution is 2.44. The van der Waals surface area contributed by atoms with Crippen LogP contribution in [0.15, 0.2) is 72.3 Å². The Morgan fingerprint density at radius 2 is 1.83 bits per heavy atom. The highest BCUT2D eigenvalue weighted by atomic mass is 35.5. The fraction of sp³-hybridized carbons (Fsp3) is 0.148. The van der Waals surface area contributed by atoms with E-state index in [0.29, 0.717) is 38.7 Å². The molecule has 9 heteroatoms. The molecule has 6 nitrogen and oxygen atoms in total. The van der Waals surface area contributed by atoms with Gasteiger partial charge in [0, 0.05) is 10.6 Å². The Hall–Kier alpha value is -3.75. The molecule has 1 aliphatic heterocycles. The third-order valence-electron chi connectivity index (χ3n) is 5.78. The quantitative estimate of drug-likeness (QED) is 0.177. The van der Waals surface area contributed by atoms with Gasteiger partial charge >= 0.3 is 5.91 Å². The van der Waals surface area contributed by atoms with Crippen molar-refractivity contribution >= 4 is 55.7 Å². The first-order chi connectivity index (χ1) is 17.4. The number of aliphatic hydroxyl groups is 1. The molecule has 0 saturated carbocycles. The molecule has 1 aromatic heterocycles. The van der Waals surface area contributed by atoms with Crippen LogP contribution in [0, 0.1) is 5.82 Å². The smallest absolute Gasteiger partial charge is 0.301 e. The molecule has 1 unspecified atom stereocenters. The van der Waals surface area contributed by atoms with E-state index in [1.54, 1.807) is 48.5 Å². The molecule has 36 heavy (non-hydrogen) atoms. The minimum absolute atomic E-state index is 0.0741. The van der Waals surface area contributed by atoms with Crippen molar-refractivity contribution < 1.29 is 23.8 Å². The maximum absolute atomic E-state index is 13.8. The molecule has 1 saturated heterocycles. The molecule has 1 aliphatic rings. The summed E-state index contributed by atoms with van der Waals surface area (Å²) in [5.41, 5.74) is 1.35. The molecule has 1 fully saturated rings. The summed E-state index contributed by atoms with van der Waals surface area (Å²) in [5, 5.41) is 12.0. The largest absolute Gasteiger partial charge is 0.507 e. The van der Waals surface area contributed by atoms with Crippen LogP contribution in [0.3, 0.4) is 0 Å².